The molecule has 0 saturated heterocycles. The molecule has 0 spiro atoms. The van der Waals surface area contributed by atoms with Crippen LogP contribution in [-0.4, -0.2) is 27.9 Å². The van der Waals surface area contributed by atoms with E-state index in [4.69, 9.17) is 14.9 Å². The molecular weight excluding hydrogens is 202 g/mol. The van der Waals surface area contributed by atoms with Crippen LogP contribution in [0.15, 0.2) is 17.1 Å². The van der Waals surface area contributed by atoms with Gasteiger partial charge in [0.2, 0.25) is 5.43 Å². The molecule has 1 aromatic heterocycles. The summed E-state index contributed by atoms with van der Waals surface area (Å²) in [5, 5.41) is 17.5. The number of ether oxygens (including phenoxy) is 1. The van der Waals surface area contributed by atoms with Gasteiger partial charge in [0.05, 0.1) is 19.9 Å². The van der Waals surface area contributed by atoms with Gasteiger partial charge in [-0.3, -0.25) is 9.59 Å². The number of aliphatic hydroxyl groups excluding tert-OH is 1. The molecule has 0 saturated carbocycles. The van der Waals surface area contributed by atoms with Gasteiger partial charge in [0.1, 0.15) is 6.54 Å². The molecule has 1 aromatic rings. The van der Waals surface area contributed by atoms with Gasteiger partial charge < -0.3 is 19.5 Å². The zero-order valence-electron chi connectivity index (χ0n) is 8.14. The zero-order valence-corrected chi connectivity index (χ0v) is 8.14. The number of aromatic nitrogens is 1. The van der Waals surface area contributed by atoms with E-state index in [1.54, 1.807) is 0 Å². The first kappa shape index (κ1) is 11.3. The SMILES string of the molecule is COc1cn(CC(=O)O)c(CO)cc1=O. The molecule has 0 aliphatic heterocycles. The van der Waals surface area contributed by atoms with Crippen LogP contribution in [0.25, 0.3) is 0 Å². The van der Waals surface area contributed by atoms with E-state index in [0.717, 1.165) is 6.07 Å². The first-order chi connectivity index (χ1) is 7.08. The summed E-state index contributed by atoms with van der Waals surface area (Å²) >= 11 is 0. The molecule has 0 aromatic carbocycles. The highest BCUT2D eigenvalue weighted by atomic mass is 16.5. The predicted molar refractivity (Wildman–Crippen MR) is 50.8 cm³/mol. The molecule has 82 valence electrons. The van der Waals surface area contributed by atoms with Crippen molar-refractivity contribution in [3.05, 3.63) is 28.2 Å². The Labute approximate surface area is 85.3 Å². The number of aliphatic carboxylic acids is 1. The molecule has 0 aliphatic carbocycles. The fourth-order valence-corrected chi connectivity index (χ4v) is 1.18. The first-order valence-corrected chi connectivity index (χ1v) is 4.18. The van der Waals surface area contributed by atoms with Crippen molar-refractivity contribution in [2.45, 2.75) is 13.2 Å². The minimum absolute atomic E-state index is 0.0495. The topological polar surface area (TPSA) is 88.8 Å². The number of carboxylic acid groups (broad SMARTS) is 1. The van der Waals surface area contributed by atoms with Gasteiger partial charge in [0, 0.05) is 11.8 Å². The number of pyridine rings is 1. The van der Waals surface area contributed by atoms with Crippen LogP contribution >= 0.6 is 0 Å². The predicted octanol–water partition coefficient (Wildman–Crippen LogP) is -0.566. The molecule has 1 heterocycles. The summed E-state index contributed by atoms with van der Waals surface area (Å²) in [6.07, 6.45) is 1.27. The molecule has 0 unspecified atom stereocenters. The molecule has 0 fully saturated rings. The van der Waals surface area contributed by atoms with Crippen molar-refractivity contribution >= 4 is 5.97 Å². The maximum absolute atomic E-state index is 11.3. The molecule has 0 amide bonds. The van der Waals surface area contributed by atoms with Crippen LogP contribution < -0.4 is 10.2 Å². The van der Waals surface area contributed by atoms with Crippen LogP contribution in [0, 0.1) is 0 Å². The number of hydrogen-bond acceptors (Lipinski definition) is 4. The summed E-state index contributed by atoms with van der Waals surface area (Å²) in [4.78, 5) is 21.8. The van der Waals surface area contributed by atoms with Crippen molar-refractivity contribution in [1.29, 1.82) is 0 Å². The summed E-state index contributed by atoms with van der Waals surface area (Å²) in [6, 6.07) is 1.15. The van der Waals surface area contributed by atoms with Crippen molar-refractivity contribution < 1.29 is 19.7 Å². The summed E-state index contributed by atoms with van der Waals surface area (Å²) in [6.45, 7) is -0.723. The Morgan fingerprint density at radius 3 is 2.73 bits per heavy atom. The van der Waals surface area contributed by atoms with Crippen molar-refractivity contribution in [2.75, 3.05) is 7.11 Å². The lowest BCUT2D eigenvalue weighted by Crippen LogP contribution is -2.18. The maximum atomic E-state index is 11.3. The van der Waals surface area contributed by atoms with E-state index in [2.05, 4.69) is 0 Å². The van der Waals surface area contributed by atoms with Gasteiger partial charge in [0.25, 0.3) is 0 Å². The molecule has 6 heteroatoms. The van der Waals surface area contributed by atoms with Crippen molar-refractivity contribution in [3.8, 4) is 5.75 Å². The minimum atomic E-state index is -1.06. The average Bonchev–Trinajstić information content (AvgIpc) is 2.19. The summed E-state index contributed by atoms with van der Waals surface area (Å²) in [5.41, 5.74) is -0.147. The fourth-order valence-electron chi connectivity index (χ4n) is 1.18. The number of aliphatic hydroxyl groups is 1. The van der Waals surface area contributed by atoms with Crippen LogP contribution in [0.4, 0.5) is 0 Å². The highest BCUT2D eigenvalue weighted by molar-refractivity contribution is 5.66. The first-order valence-electron chi connectivity index (χ1n) is 4.18. The molecule has 1 rings (SSSR count). The van der Waals surface area contributed by atoms with Gasteiger partial charge in [-0.05, 0) is 0 Å². The van der Waals surface area contributed by atoms with E-state index in [-0.39, 0.29) is 23.4 Å². The minimum Gasteiger partial charge on any atom is -0.491 e. The zero-order chi connectivity index (χ0) is 11.4. The largest absolute Gasteiger partial charge is 0.491 e. The second-order valence-corrected chi connectivity index (χ2v) is 2.88. The van der Waals surface area contributed by atoms with Gasteiger partial charge >= 0.3 is 5.97 Å². The summed E-state index contributed by atoms with van der Waals surface area (Å²) in [7, 11) is 1.32. The van der Waals surface area contributed by atoms with E-state index in [1.807, 2.05) is 0 Å². The normalized spacial score (nSPS) is 10.0. The van der Waals surface area contributed by atoms with Crippen LogP contribution in [0.1, 0.15) is 5.69 Å². The van der Waals surface area contributed by atoms with E-state index >= 15 is 0 Å². The average molecular weight is 213 g/mol. The van der Waals surface area contributed by atoms with E-state index in [9.17, 15) is 9.59 Å². The van der Waals surface area contributed by atoms with Gasteiger partial charge in [-0.1, -0.05) is 0 Å². The Bertz CT molecular complexity index is 423. The molecular formula is C9H11NO5. The summed E-state index contributed by atoms with van der Waals surface area (Å²) in [5.74, 6) is -1.01. The standard InChI is InChI=1S/C9H11NO5/c1-15-8-3-10(4-9(13)14)6(5-11)2-7(8)12/h2-3,11H,4-5H2,1H3,(H,13,14). The lowest BCUT2D eigenvalue weighted by atomic mass is 10.3. The fraction of sp³-hybridized carbons (Fsp3) is 0.333. The van der Waals surface area contributed by atoms with E-state index < -0.39 is 12.6 Å². The van der Waals surface area contributed by atoms with Crippen LogP contribution in [-0.2, 0) is 17.9 Å². The van der Waals surface area contributed by atoms with Crippen LogP contribution in [0.2, 0.25) is 0 Å². The third-order valence-corrected chi connectivity index (χ3v) is 1.87. The van der Waals surface area contributed by atoms with Crippen molar-refractivity contribution in [1.82, 2.24) is 4.57 Å². The lowest BCUT2D eigenvalue weighted by molar-refractivity contribution is -0.137. The molecule has 0 aliphatic rings. The molecule has 0 radical (unpaired) electrons. The van der Waals surface area contributed by atoms with Crippen molar-refractivity contribution in [3.63, 3.8) is 0 Å². The monoisotopic (exact) mass is 213 g/mol. The number of carboxylic acids is 1. The Morgan fingerprint density at radius 2 is 2.27 bits per heavy atom. The second-order valence-electron chi connectivity index (χ2n) is 2.88. The number of carbonyl (C=O) groups is 1. The Morgan fingerprint density at radius 1 is 1.60 bits per heavy atom. The van der Waals surface area contributed by atoms with E-state index in [0.29, 0.717) is 0 Å². The molecule has 0 atom stereocenters. The number of hydrogen-bond donors (Lipinski definition) is 2. The molecule has 2 N–H and O–H groups in total. The smallest absolute Gasteiger partial charge is 0.323 e. The van der Waals surface area contributed by atoms with Gasteiger partial charge in [-0.2, -0.15) is 0 Å². The van der Waals surface area contributed by atoms with Gasteiger partial charge in [-0.15, -0.1) is 0 Å². The quantitative estimate of drug-likeness (QED) is 0.699. The molecule has 15 heavy (non-hydrogen) atoms. The highest BCUT2D eigenvalue weighted by Crippen LogP contribution is 2.06. The Balaban J connectivity index is 3.22. The third kappa shape index (κ3) is 2.57. The van der Waals surface area contributed by atoms with Gasteiger partial charge in [-0.25, -0.2) is 0 Å². The third-order valence-electron chi connectivity index (χ3n) is 1.87. The van der Waals surface area contributed by atoms with E-state index in [1.165, 1.54) is 17.9 Å². The highest BCUT2D eigenvalue weighted by Gasteiger charge is 2.08. The Kier molecular flexibility index (Phi) is 3.46. The van der Waals surface area contributed by atoms with Gasteiger partial charge in [0.15, 0.2) is 5.75 Å². The second kappa shape index (κ2) is 4.61. The number of rotatable bonds is 4. The van der Waals surface area contributed by atoms with Crippen molar-refractivity contribution in [2.24, 2.45) is 0 Å². The maximum Gasteiger partial charge on any atom is 0.323 e. The lowest BCUT2D eigenvalue weighted by Gasteiger charge is -2.10. The summed E-state index contributed by atoms with van der Waals surface area (Å²) < 4.78 is 6.01. The molecule has 0 bridgehead atoms. The number of nitrogens with zero attached hydrogens (tertiary/aromatic N) is 1. The van der Waals surface area contributed by atoms with Crippen LogP contribution in [0.3, 0.4) is 0 Å². The van der Waals surface area contributed by atoms with Crippen LogP contribution in [0.5, 0.6) is 5.75 Å². The molecule has 6 nitrogen and oxygen atoms in total. The Hall–Kier alpha value is -1.82. The number of methoxy groups -OCH3 is 1.